The average molecular weight is 310 g/mol. The second-order valence-corrected chi connectivity index (χ2v) is 7.10. The van der Waals surface area contributed by atoms with Gasteiger partial charge in [0, 0.05) is 19.1 Å². The summed E-state index contributed by atoms with van der Waals surface area (Å²) >= 11 is 1.45. The lowest BCUT2D eigenvalue weighted by atomic mass is 10.2. The van der Waals surface area contributed by atoms with Crippen LogP contribution in [0.25, 0.3) is 0 Å². The smallest absolute Gasteiger partial charge is 0.407 e. The van der Waals surface area contributed by atoms with Gasteiger partial charge >= 0.3 is 6.09 Å². The quantitative estimate of drug-likeness (QED) is 0.934. The number of nitrogens with one attached hydrogen (secondary N) is 1. The van der Waals surface area contributed by atoms with Gasteiger partial charge in [-0.15, -0.1) is 11.3 Å². The molecule has 6 heteroatoms. The van der Waals surface area contributed by atoms with Crippen molar-refractivity contribution in [3.05, 3.63) is 22.4 Å². The summed E-state index contributed by atoms with van der Waals surface area (Å²) in [6.45, 7) is 6.67. The first-order chi connectivity index (χ1) is 9.87. The first kappa shape index (κ1) is 15.8. The zero-order valence-corrected chi connectivity index (χ0v) is 13.5. The second-order valence-electron chi connectivity index (χ2n) is 6.15. The minimum atomic E-state index is -0.508. The molecule has 1 aliphatic rings. The Hall–Kier alpha value is -1.56. The van der Waals surface area contributed by atoms with Crippen LogP contribution in [0.15, 0.2) is 17.5 Å². The summed E-state index contributed by atoms with van der Waals surface area (Å²) in [6.07, 6.45) is 1.45. The number of nitrogens with zero attached hydrogens (tertiary/aromatic N) is 1. The number of carbonyl (C=O) groups is 2. The first-order valence-electron chi connectivity index (χ1n) is 7.18. The lowest BCUT2D eigenvalue weighted by Crippen LogP contribution is -2.44. The molecule has 0 radical (unpaired) electrons. The van der Waals surface area contributed by atoms with E-state index in [9.17, 15) is 9.59 Å². The molecule has 1 N–H and O–H groups in total. The van der Waals surface area contributed by atoms with Crippen molar-refractivity contribution >= 4 is 23.3 Å². The minimum absolute atomic E-state index is 0.0483. The second kappa shape index (κ2) is 6.47. The summed E-state index contributed by atoms with van der Waals surface area (Å²) in [5, 5.41) is 4.66. The van der Waals surface area contributed by atoms with Crippen LogP contribution < -0.4 is 5.32 Å². The molecule has 1 aromatic rings. The van der Waals surface area contributed by atoms with Crippen LogP contribution in [0.3, 0.4) is 0 Å². The Bertz CT molecular complexity index is 494. The predicted molar refractivity (Wildman–Crippen MR) is 82.6 cm³/mol. The Morgan fingerprint density at radius 1 is 1.48 bits per heavy atom. The Morgan fingerprint density at radius 3 is 2.86 bits per heavy atom. The fourth-order valence-electron chi connectivity index (χ4n) is 2.37. The highest BCUT2D eigenvalue weighted by atomic mass is 32.1. The van der Waals surface area contributed by atoms with Gasteiger partial charge in [-0.2, -0.15) is 0 Å². The zero-order chi connectivity index (χ0) is 15.5. The van der Waals surface area contributed by atoms with Crippen molar-refractivity contribution in [1.29, 1.82) is 0 Å². The van der Waals surface area contributed by atoms with Gasteiger partial charge in [0.2, 0.25) is 0 Å². The fraction of sp³-hybridized carbons (Fsp3) is 0.600. The van der Waals surface area contributed by atoms with E-state index in [1.165, 1.54) is 11.3 Å². The first-order valence-corrected chi connectivity index (χ1v) is 8.06. The van der Waals surface area contributed by atoms with Crippen LogP contribution >= 0.6 is 11.3 Å². The highest BCUT2D eigenvalue weighted by molar-refractivity contribution is 7.12. The van der Waals surface area contributed by atoms with Crippen molar-refractivity contribution in [1.82, 2.24) is 10.2 Å². The molecule has 21 heavy (non-hydrogen) atoms. The summed E-state index contributed by atoms with van der Waals surface area (Å²) < 4.78 is 5.21. The van der Waals surface area contributed by atoms with E-state index in [4.69, 9.17) is 4.74 Å². The number of carbonyl (C=O) groups excluding carboxylic acids is 2. The van der Waals surface area contributed by atoms with Crippen molar-refractivity contribution in [3.8, 4) is 0 Å². The van der Waals surface area contributed by atoms with E-state index >= 15 is 0 Å². The molecule has 0 unspecified atom stereocenters. The third-order valence-corrected chi connectivity index (χ3v) is 4.11. The fourth-order valence-corrected chi connectivity index (χ4v) is 3.05. The van der Waals surface area contributed by atoms with Crippen LogP contribution in [0.5, 0.6) is 0 Å². The van der Waals surface area contributed by atoms with Gasteiger partial charge in [-0.25, -0.2) is 4.79 Å². The number of ether oxygens (including phenoxy) is 1. The number of likely N-dealkylation sites (tertiary alicyclic amines) is 1. The van der Waals surface area contributed by atoms with E-state index in [0.717, 1.165) is 24.3 Å². The van der Waals surface area contributed by atoms with Crippen LogP contribution in [-0.4, -0.2) is 41.6 Å². The normalized spacial score (nSPS) is 18.6. The molecule has 1 atom stereocenters. The maximum absolute atomic E-state index is 12.4. The Labute approximate surface area is 129 Å². The van der Waals surface area contributed by atoms with Crippen molar-refractivity contribution in [2.75, 3.05) is 13.1 Å². The molecule has 2 rings (SSSR count). The molecule has 2 amide bonds. The van der Waals surface area contributed by atoms with E-state index in [1.807, 2.05) is 43.2 Å². The van der Waals surface area contributed by atoms with Gasteiger partial charge in [0.25, 0.3) is 5.91 Å². The Kier molecular flexibility index (Phi) is 4.88. The molecule has 0 aliphatic carbocycles. The maximum atomic E-state index is 12.4. The third kappa shape index (κ3) is 4.46. The molecule has 116 valence electrons. The van der Waals surface area contributed by atoms with E-state index in [1.54, 1.807) is 0 Å². The highest BCUT2D eigenvalue weighted by Crippen LogP contribution is 2.21. The van der Waals surface area contributed by atoms with Gasteiger partial charge < -0.3 is 15.0 Å². The van der Waals surface area contributed by atoms with Crippen molar-refractivity contribution in [3.63, 3.8) is 0 Å². The molecule has 1 fully saturated rings. The number of rotatable bonds is 3. The molecule has 1 aromatic heterocycles. The minimum Gasteiger partial charge on any atom is -0.444 e. The summed E-state index contributed by atoms with van der Waals surface area (Å²) in [5.41, 5.74) is -0.508. The topological polar surface area (TPSA) is 58.6 Å². The van der Waals surface area contributed by atoms with Gasteiger partial charge in [-0.05, 0) is 45.1 Å². The van der Waals surface area contributed by atoms with Gasteiger partial charge in [0.15, 0.2) is 0 Å². The number of hydrogen-bond donors (Lipinski definition) is 1. The van der Waals surface area contributed by atoms with E-state index in [2.05, 4.69) is 5.32 Å². The lowest BCUT2D eigenvalue weighted by molar-refractivity contribution is 0.0502. The molecule has 2 heterocycles. The zero-order valence-electron chi connectivity index (χ0n) is 12.7. The van der Waals surface area contributed by atoms with E-state index in [-0.39, 0.29) is 11.9 Å². The summed E-state index contributed by atoms with van der Waals surface area (Å²) in [5.74, 6) is 0.0542. The molecule has 0 spiro atoms. The predicted octanol–water partition coefficient (Wildman–Crippen LogP) is 2.88. The number of amides is 2. The van der Waals surface area contributed by atoms with Crippen molar-refractivity contribution in [2.24, 2.45) is 0 Å². The largest absolute Gasteiger partial charge is 0.444 e. The van der Waals surface area contributed by atoms with Gasteiger partial charge in [-0.1, -0.05) is 6.07 Å². The molecule has 1 aliphatic heterocycles. The third-order valence-electron chi connectivity index (χ3n) is 3.25. The van der Waals surface area contributed by atoms with Crippen LogP contribution in [0, 0.1) is 0 Å². The summed E-state index contributed by atoms with van der Waals surface area (Å²) in [7, 11) is 0. The monoisotopic (exact) mass is 310 g/mol. The maximum Gasteiger partial charge on any atom is 0.407 e. The number of hydrogen-bond acceptors (Lipinski definition) is 4. The van der Waals surface area contributed by atoms with Crippen LogP contribution in [0.2, 0.25) is 0 Å². The molecular weight excluding hydrogens is 288 g/mol. The molecule has 0 aromatic carbocycles. The summed E-state index contributed by atoms with van der Waals surface area (Å²) in [6, 6.07) is 3.76. The SMILES string of the molecule is CC(C)(C)OC(=O)NC[C@@H]1CCCN1C(=O)c1cccs1. The van der Waals surface area contributed by atoms with Gasteiger partial charge in [0.1, 0.15) is 5.60 Å². The van der Waals surface area contributed by atoms with Gasteiger partial charge in [-0.3, -0.25) is 4.79 Å². The summed E-state index contributed by atoms with van der Waals surface area (Å²) in [4.78, 5) is 26.7. The van der Waals surface area contributed by atoms with Crippen LogP contribution in [0.1, 0.15) is 43.3 Å². The number of thiophene rings is 1. The van der Waals surface area contributed by atoms with Crippen molar-refractivity contribution < 1.29 is 14.3 Å². The Morgan fingerprint density at radius 2 is 2.24 bits per heavy atom. The van der Waals surface area contributed by atoms with Crippen LogP contribution in [0.4, 0.5) is 4.79 Å². The molecular formula is C15H22N2O3S. The molecule has 5 nitrogen and oxygen atoms in total. The van der Waals surface area contributed by atoms with E-state index < -0.39 is 11.7 Å². The Balaban J connectivity index is 1.88. The van der Waals surface area contributed by atoms with Crippen molar-refractivity contribution in [2.45, 2.75) is 45.3 Å². The number of alkyl carbamates (subject to hydrolysis) is 1. The van der Waals surface area contributed by atoms with E-state index in [0.29, 0.717) is 6.54 Å². The average Bonchev–Trinajstić information content (AvgIpc) is 3.05. The molecule has 0 bridgehead atoms. The molecule has 1 saturated heterocycles. The highest BCUT2D eigenvalue weighted by Gasteiger charge is 2.30. The molecule has 0 saturated carbocycles. The van der Waals surface area contributed by atoms with Gasteiger partial charge in [0.05, 0.1) is 4.88 Å². The lowest BCUT2D eigenvalue weighted by Gasteiger charge is -2.25. The standard InChI is InChI=1S/C15H22N2O3S/c1-15(2,3)20-14(19)16-10-11-6-4-8-17(11)13(18)12-7-5-9-21-12/h5,7,9,11H,4,6,8,10H2,1-3H3,(H,16,19)/t11-/m0/s1. The van der Waals surface area contributed by atoms with Crippen LogP contribution in [-0.2, 0) is 4.74 Å².